The molecule has 1 rings (SSSR count). The Labute approximate surface area is 127 Å². The molecular formula is C13H19IO5. The summed E-state index contributed by atoms with van der Waals surface area (Å²) < 4.78 is 27.0. The first kappa shape index (κ1) is 16.5. The van der Waals surface area contributed by atoms with Gasteiger partial charge in [0, 0.05) is 27.4 Å². The fraction of sp³-hybridized carbons (Fsp3) is 0.538. The summed E-state index contributed by atoms with van der Waals surface area (Å²) in [4.78, 5) is 0. The Balaban J connectivity index is 2.92. The number of rotatable bonds is 9. The summed E-state index contributed by atoms with van der Waals surface area (Å²) in [5, 5.41) is 0. The highest BCUT2D eigenvalue weighted by Gasteiger charge is 2.11. The Morgan fingerprint density at radius 3 is 2.26 bits per heavy atom. The highest BCUT2D eigenvalue weighted by Crippen LogP contribution is 2.31. The molecule has 0 unspecified atom stereocenters. The van der Waals surface area contributed by atoms with Gasteiger partial charge in [0.15, 0.2) is 13.6 Å². The van der Waals surface area contributed by atoms with Crippen molar-refractivity contribution in [2.45, 2.75) is 6.42 Å². The standard InChI is InChI=1S/C13H19IO5/c1-15-5-4-10-6-11(18-8-16-2)7-12(13(10)14)19-9-17-3/h6-7H,4-5,8-9H2,1-3H3. The molecule has 0 aliphatic heterocycles. The van der Waals surface area contributed by atoms with E-state index in [4.69, 9.17) is 23.7 Å². The Morgan fingerprint density at radius 2 is 1.63 bits per heavy atom. The second kappa shape index (κ2) is 9.35. The Hall–Kier alpha value is -0.570. The molecule has 6 heteroatoms. The molecule has 1 aromatic rings. The third kappa shape index (κ3) is 5.52. The van der Waals surface area contributed by atoms with Crippen molar-refractivity contribution in [3.8, 4) is 11.5 Å². The first-order valence-corrected chi connectivity index (χ1v) is 6.85. The van der Waals surface area contributed by atoms with Gasteiger partial charge in [0.25, 0.3) is 0 Å². The number of ether oxygens (including phenoxy) is 5. The summed E-state index contributed by atoms with van der Waals surface area (Å²) >= 11 is 2.25. The molecule has 1 aromatic carbocycles. The van der Waals surface area contributed by atoms with Gasteiger partial charge in [0.05, 0.1) is 10.2 Å². The summed E-state index contributed by atoms with van der Waals surface area (Å²) in [6.45, 7) is 1.05. The second-order valence-corrected chi connectivity index (χ2v) is 4.82. The first-order chi connectivity index (χ1) is 9.22. The van der Waals surface area contributed by atoms with Gasteiger partial charge in [-0.1, -0.05) is 0 Å². The molecular weight excluding hydrogens is 363 g/mol. The van der Waals surface area contributed by atoms with Crippen molar-refractivity contribution in [1.82, 2.24) is 0 Å². The summed E-state index contributed by atoms with van der Waals surface area (Å²) in [7, 11) is 4.85. The van der Waals surface area contributed by atoms with Crippen molar-refractivity contribution in [2.75, 3.05) is 41.5 Å². The Bertz CT molecular complexity index is 354. The van der Waals surface area contributed by atoms with Crippen molar-refractivity contribution in [2.24, 2.45) is 0 Å². The number of hydrogen-bond acceptors (Lipinski definition) is 5. The molecule has 0 aromatic heterocycles. The number of benzene rings is 1. The largest absolute Gasteiger partial charge is 0.467 e. The molecule has 0 atom stereocenters. The lowest BCUT2D eigenvalue weighted by Crippen LogP contribution is -2.06. The molecule has 0 aliphatic rings. The van der Waals surface area contributed by atoms with Crippen LogP contribution in [0.1, 0.15) is 5.56 Å². The first-order valence-electron chi connectivity index (χ1n) is 5.77. The number of methoxy groups -OCH3 is 3. The summed E-state index contributed by atoms with van der Waals surface area (Å²) in [5.41, 5.74) is 1.11. The summed E-state index contributed by atoms with van der Waals surface area (Å²) in [6.07, 6.45) is 0.794. The predicted octanol–water partition coefficient (Wildman–Crippen LogP) is 2.45. The van der Waals surface area contributed by atoms with Crippen molar-refractivity contribution in [3.63, 3.8) is 0 Å². The molecule has 0 radical (unpaired) electrons. The van der Waals surface area contributed by atoms with Crippen molar-refractivity contribution in [3.05, 3.63) is 21.3 Å². The minimum absolute atomic E-state index is 0.202. The number of hydrogen-bond donors (Lipinski definition) is 0. The van der Waals surface area contributed by atoms with Crippen LogP contribution in [0.4, 0.5) is 0 Å². The maximum absolute atomic E-state index is 5.54. The van der Waals surface area contributed by atoms with Gasteiger partial charge >= 0.3 is 0 Å². The molecule has 0 spiro atoms. The molecule has 108 valence electrons. The van der Waals surface area contributed by atoms with Crippen LogP contribution < -0.4 is 9.47 Å². The van der Waals surface area contributed by atoms with E-state index in [0.29, 0.717) is 12.4 Å². The van der Waals surface area contributed by atoms with Crippen LogP contribution >= 0.6 is 22.6 Å². The summed E-state index contributed by atoms with van der Waals surface area (Å²) in [5.74, 6) is 1.45. The lowest BCUT2D eigenvalue weighted by Gasteiger charge is -2.14. The maximum atomic E-state index is 5.54. The molecule has 0 amide bonds. The van der Waals surface area contributed by atoms with E-state index in [2.05, 4.69) is 22.6 Å². The van der Waals surface area contributed by atoms with Crippen LogP contribution in [0.15, 0.2) is 12.1 Å². The molecule has 0 saturated heterocycles. The molecule has 0 fully saturated rings. The van der Waals surface area contributed by atoms with Crippen LogP contribution in [-0.4, -0.2) is 41.5 Å². The van der Waals surface area contributed by atoms with E-state index >= 15 is 0 Å². The summed E-state index contributed by atoms with van der Waals surface area (Å²) in [6, 6.07) is 3.80. The third-order valence-electron chi connectivity index (χ3n) is 2.34. The fourth-order valence-corrected chi connectivity index (χ4v) is 2.20. The van der Waals surface area contributed by atoms with Crippen molar-refractivity contribution in [1.29, 1.82) is 0 Å². The van der Waals surface area contributed by atoms with Gasteiger partial charge in [-0.25, -0.2) is 0 Å². The SMILES string of the molecule is COCCc1cc(OCOC)cc(OCOC)c1I. The second-order valence-electron chi connectivity index (χ2n) is 3.74. The minimum Gasteiger partial charge on any atom is -0.467 e. The highest BCUT2D eigenvalue weighted by atomic mass is 127. The zero-order valence-corrected chi connectivity index (χ0v) is 13.6. The van der Waals surface area contributed by atoms with Gasteiger partial charge < -0.3 is 23.7 Å². The maximum Gasteiger partial charge on any atom is 0.188 e. The van der Waals surface area contributed by atoms with Gasteiger partial charge in [-0.2, -0.15) is 0 Å². The van der Waals surface area contributed by atoms with E-state index in [1.165, 1.54) is 0 Å². The third-order valence-corrected chi connectivity index (χ3v) is 3.56. The van der Waals surface area contributed by atoms with E-state index in [1.54, 1.807) is 21.3 Å². The number of halogens is 1. The topological polar surface area (TPSA) is 46.2 Å². The van der Waals surface area contributed by atoms with E-state index < -0.39 is 0 Å². The van der Waals surface area contributed by atoms with Gasteiger partial charge in [-0.05, 0) is 40.6 Å². The van der Waals surface area contributed by atoms with Gasteiger partial charge in [0.1, 0.15) is 11.5 Å². The van der Waals surface area contributed by atoms with E-state index in [9.17, 15) is 0 Å². The Kier molecular flexibility index (Phi) is 8.11. The quantitative estimate of drug-likeness (QED) is 0.485. The lowest BCUT2D eigenvalue weighted by atomic mass is 10.1. The van der Waals surface area contributed by atoms with E-state index in [1.807, 2.05) is 12.1 Å². The minimum atomic E-state index is 0.202. The molecule has 0 heterocycles. The molecule has 0 bridgehead atoms. The molecule has 19 heavy (non-hydrogen) atoms. The van der Waals surface area contributed by atoms with Crippen LogP contribution in [0.2, 0.25) is 0 Å². The van der Waals surface area contributed by atoms with E-state index in [-0.39, 0.29) is 13.6 Å². The van der Waals surface area contributed by atoms with Crippen LogP contribution in [0.3, 0.4) is 0 Å². The van der Waals surface area contributed by atoms with Gasteiger partial charge in [-0.3, -0.25) is 0 Å². The van der Waals surface area contributed by atoms with Crippen LogP contribution in [0, 0.1) is 3.57 Å². The normalized spacial score (nSPS) is 10.5. The lowest BCUT2D eigenvalue weighted by molar-refractivity contribution is 0.0455. The average Bonchev–Trinajstić information content (AvgIpc) is 2.43. The van der Waals surface area contributed by atoms with Crippen LogP contribution in [0.25, 0.3) is 0 Å². The highest BCUT2D eigenvalue weighted by molar-refractivity contribution is 14.1. The fourth-order valence-electron chi connectivity index (χ4n) is 1.46. The van der Waals surface area contributed by atoms with Crippen LogP contribution in [-0.2, 0) is 20.6 Å². The average molecular weight is 382 g/mol. The molecule has 0 aliphatic carbocycles. The Morgan fingerprint density at radius 1 is 0.947 bits per heavy atom. The van der Waals surface area contributed by atoms with Gasteiger partial charge in [0.2, 0.25) is 0 Å². The zero-order valence-electron chi connectivity index (χ0n) is 11.4. The molecule has 0 N–H and O–H groups in total. The van der Waals surface area contributed by atoms with E-state index in [0.717, 1.165) is 21.3 Å². The van der Waals surface area contributed by atoms with Crippen LogP contribution in [0.5, 0.6) is 11.5 Å². The monoisotopic (exact) mass is 382 g/mol. The van der Waals surface area contributed by atoms with Crippen molar-refractivity contribution >= 4 is 22.6 Å². The molecule has 0 saturated carbocycles. The predicted molar refractivity (Wildman–Crippen MR) is 79.7 cm³/mol. The van der Waals surface area contributed by atoms with Gasteiger partial charge in [-0.15, -0.1) is 0 Å². The molecule has 5 nitrogen and oxygen atoms in total. The van der Waals surface area contributed by atoms with Crippen molar-refractivity contribution < 1.29 is 23.7 Å². The zero-order chi connectivity index (χ0) is 14.1. The smallest absolute Gasteiger partial charge is 0.188 e.